The Bertz CT molecular complexity index is 661. The molecule has 2 saturated carbocycles. The van der Waals surface area contributed by atoms with Gasteiger partial charge < -0.3 is 4.90 Å². The van der Waals surface area contributed by atoms with E-state index < -0.39 is 9.84 Å². The van der Waals surface area contributed by atoms with Crippen LogP contribution in [-0.4, -0.2) is 53.2 Å². The molecule has 0 unspecified atom stereocenters. The highest BCUT2D eigenvalue weighted by Gasteiger charge is 2.54. The average Bonchev–Trinajstić information content (AvgIpc) is 3.24. The van der Waals surface area contributed by atoms with Gasteiger partial charge in [0.15, 0.2) is 15.0 Å². The van der Waals surface area contributed by atoms with Crippen molar-refractivity contribution in [1.29, 1.82) is 0 Å². The third-order valence-electron chi connectivity index (χ3n) is 6.13. The molecule has 4 fully saturated rings. The summed E-state index contributed by atoms with van der Waals surface area (Å²) in [6.45, 7) is 2.07. The van der Waals surface area contributed by atoms with Gasteiger partial charge in [0.2, 0.25) is 5.91 Å². The van der Waals surface area contributed by atoms with Crippen molar-refractivity contribution in [3.63, 3.8) is 0 Å². The summed E-state index contributed by atoms with van der Waals surface area (Å²) in [6.07, 6.45) is 7.34. The van der Waals surface area contributed by atoms with E-state index in [4.69, 9.17) is 0 Å². The largest absolute Gasteiger partial charge is 0.343 e. The molecule has 24 heavy (non-hydrogen) atoms. The van der Waals surface area contributed by atoms with Gasteiger partial charge in [-0.25, -0.2) is 8.42 Å². The number of amidine groups is 1. The van der Waals surface area contributed by atoms with Crippen molar-refractivity contribution in [2.24, 2.45) is 16.8 Å². The number of sulfone groups is 1. The second-order valence-electron chi connectivity index (χ2n) is 7.84. The fraction of sp³-hybridized carbons (Fsp3) is 0.882. The monoisotopic (exact) mass is 370 g/mol. The molecule has 4 aliphatic rings. The van der Waals surface area contributed by atoms with E-state index in [1.807, 2.05) is 0 Å². The Morgan fingerprint density at radius 1 is 1.25 bits per heavy atom. The van der Waals surface area contributed by atoms with Crippen molar-refractivity contribution >= 4 is 32.7 Å². The molecule has 5 atom stereocenters. The van der Waals surface area contributed by atoms with Gasteiger partial charge in [-0.05, 0) is 37.5 Å². The Morgan fingerprint density at radius 3 is 2.75 bits per heavy atom. The quantitative estimate of drug-likeness (QED) is 0.760. The van der Waals surface area contributed by atoms with Crippen LogP contribution in [0, 0.1) is 11.8 Å². The topological polar surface area (TPSA) is 66.8 Å². The van der Waals surface area contributed by atoms with Crippen molar-refractivity contribution in [3.8, 4) is 0 Å². The smallest absolute Gasteiger partial charge is 0.248 e. The summed E-state index contributed by atoms with van der Waals surface area (Å²) in [5.74, 6) is 1.88. The lowest BCUT2D eigenvalue weighted by Gasteiger charge is -2.36. The van der Waals surface area contributed by atoms with Gasteiger partial charge in [-0.15, -0.1) is 0 Å². The number of hydrogen-bond donors (Lipinski definition) is 0. The zero-order valence-corrected chi connectivity index (χ0v) is 15.8. The molecule has 0 aromatic rings. The van der Waals surface area contributed by atoms with Crippen molar-refractivity contribution in [2.45, 2.75) is 69.2 Å². The summed E-state index contributed by atoms with van der Waals surface area (Å²) in [5.41, 5.74) is 0. The molecule has 2 bridgehead atoms. The molecule has 134 valence electrons. The number of fused-ring (bicyclic) bond motifs is 3. The van der Waals surface area contributed by atoms with Crippen LogP contribution < -0.4 is 0 Å². The highest BCUT2D eigenvalue weighted by atomic mass is 32.2. The molecule has 2 aliphatic heterocycles. The average molecular weight is 371 g/mol. The summed E-state index contributed by atoms with van der Waals surface area (Å²) < 4.78 is 24.2. The van der Waals surface area contributed by atoms with Gasteiger partial charge in [-0.3, -0.25) is 4.79 Å². The van der Waals surface area contributed by atoms with E-state index in [0.717, 1.165) is 30.3 Å². The first kappa shape index (κ1) is 16.9. The van der Waals surface area contributed by atoms with Crippen molar-refractivity contribution in [2.75, 3.05) is 11.5 Å². The lowest BCUT2D eigenvalue weighted by Crippen LogP contribution is -2.47. The number of carbonyl (C=O) groups excluding carboxylic acids is 1. The summed E-state index contributed by atoms with van der Waals surface area (Å²) in [7, 11) is -2.95. The van der Waals surface area contributed by atoms with Gasteiger partial charge in [-0.2, -0.15) is 4.99 Å². The molecule has 7 heteroatoms. The highest BCUT2D eigenvalue weighted by Crippen LogP contribution is 2.51. The molecule has 5 nitrogen and oxygen atoms in total. The molecule has 0 spiro atoms. The van der Waals surface area contributed by atoms with Gasteiger partial charge in [0, 0.05) is 17.7 Å². The molecule has 4 rings (SSSR count). The number of aliphatic imine (C=N–C) groups is 1. The minimum atomic E-state index is -2.95. The lowest BCUT2D eigenvalue weighted by molar-refractivity contribution is -0.117. The lowest BCUT2D eigenvalue weighted by atomic mass is 9.93. The first-order valence-corrected chi connectivity index (χ1v) is 11.9. The fourth-order valence-corrected chi connectivity index (χ4v) is 9.01. The number of amides is 1. The normalized spacial score (nSPS) is 41.3. The van der Waals surface area contributed by atoms with Crippen LogP contribution in [0.15, 0.2) is 4.99 Å². The maximum atomic E-state index is 12.2. The molecule has 2 heterocycles. The van der Waals surface area contributed by atoms with Crippen LogP contribution in [-0.2, 0) is 14.6 Å². The van der Waals surface area contributed by atoms with Gasteiger partial charge in [0.1, 0.15) is 0 Å². The van der Waals surface area contributed by atoms with E-state index in [0.29, 0.717) is 18.4 Å². The minimum Gasteiger partial charge on any atom is -0.343 e. The van der Waals surface area contributed by atoms with E-state index >= 15 is 0 Å². The molecule has 0 aromatic carbocycles. The first-order valence-electron chi connectivity index (χ1n) is 9.24. The van der Waals surface area contributed by atoms with Crippen LogP contribution in [0.25, 0.3) is 0 Å². The van der Waals surface area contributed by atoms with Crippen LogP contribution in [0.2, 0.25) is 0 Å². The fourth-order valence-electron chi connectivity index (χ4n) is 5.02. The number of nitrogens with zero attached hydrogens (tertiary/aromatic N) is 2. The predicted octanol–water partition coefficient (Wildman–Crippen LogP) is 2.46. The number of carbonyl (C=O) groups is 1. The number of unbranched alkanes of at least 4 members (excludes halogenated alkanes) is 1. The predicted molar refractivity (Wildman–Crippen MR) is 96.9 cm³/mol. The third kappa shape index (κ3) is 3.02. The third-order valence-corrected chi connectivity index (χ3v) is 9.35. The van der Waals surface area contributed by atoms with Crippen LogP contribution in [0.5, 0.6) is 0 Å². The zero-order valence-electron chi connectivity index (χ0n) is 14.2. The Morgan fingerprint density at radius 2 is 2.08 bits per heavy atom. The van der Waals surface area contributed by atoms with E-state index in [-0.39, 0.29) is 28.7 Å². The van der Waals surface area contributed by atoms with Gasteiger partial charge >= 0.3 is 0 Å². The van der Waals surface area contributed by atoms with E-state index in [2.05, 4.69) is 16.8 Å². The Balaban J connectivity index is 1.59. The Hall–Kier alpha value is -0.560. The van der Waals surface area contributed by atoms with E-state index in [1.54, 1.807) is 11.8 Å². The van der Waals surface area contributed by atoms with Crippen LogP contribution in [0.3, 0.4) is 0 Å². The van der Waals surface area contributed by atoms with Crippen molar-refractivity contribution in [1.82, 2.24) is 4.90 Å². The second kappa shape index (κ2) is 6.31. The van der Waals surface area contributed by atoms with Crippen LogP contribution in [0.1, 0.15) is 51.9 Å². The zero-order chi connectivity index (χ0) is 16.9. The molecule has 0 N–H and O–H groups in total. The summed E-state index contributed by atoms with van der Waals surface area (Å²) in [4.78, 5) is 18.9. The summed E-state index contributed by atoms with van der Waals surface area (Å²) in [5, 5.41) is 0.880. The summed E-state index contributed by atoms with van der Waals surface area (Å²) in [6, 6.07) is 0.430. The van der Waals surface area contributed by atoms with Gasteiger partial charge in [0.05, 0.1) is 17.5 Å². The maximum Gasteiger partial charge on any atom is 0.248 e. The molecule has 0 aromatic heterocycles. The molecule has 0 radical (unpaired) electrons. The van der Waals surface area contributed by atoms with Crippen molar-refractivity contribution < 1.29 is 13.2 Å². The van der Waals surface area contributed by atoms with Gasteiger partial charge in [0.25, 0.3) is 0 Å². The molecule has 2 aliphatic carbocycles. The molecule has 1 amide bonds. The molecule has 2 saturated heterocycles. The maximum absolute atomic E-state index is 12.2. The van der Waals surface area contributed by atoms with E-state index in [9.17, 15) is 13.2 Å². The van der Waals surface area contributed by atoms with E-state index in [1.165, 1.54) is 19.3 Å². The van der Waals surface area contributed by atoms with Crippen molar-refractivity contribution in [3.05, 3.63) is 0 Å². The molecular formula is C17H26N2O3S2. The number of rotatable bonds is 4. The van der Waals surface area contributed by atoms with Gasteiger partial charge in [-0.1, -0.05) is 31.5 Å². The standard InChI is InChI=1S/C17H26N2O3S2/c1-2-3-4-16(20)18-17-19(13-8-11-5-6-12(13)7-11)14-9-24(21,22)10-15(14)23-17/h11-15H,2-10H2,1H3/t11-,12-,13-,14+,15+/m0/s1. The number of thioether (sulfide) groups is 1. The van der Waals surface area contributed by atoms with Crippen LogP contribution in [0.4, 0.5) is 0 Å². The molecular weight excluding hydrogens is 344 g/mol. The second-order valence-corrected chi connectivity index (χ2v) is 11.2. The SMILES string of the molecule is CCCCC(=O)N=C1S[C@@H]2CS(=O)(=O)C[C@H]2N1[C@H]1C[C@H]2CC[C@H]1C2. The number of hydrogen-bond acceptors (Lipinski definition) is 4. The summed E-state index contributed by atoms with van der Waals surface area (Å²) >= 11 is 1.54. The first-order chi connectivity index (χ1) is 11.5. The van der Waals surface area contributed by atoms with Crippen LogP contribution >= 0.6 is 11.8 Å². The Kier molecular flexibility index (Phi) is 4.44. The highest BCUT2D eigenvalue weighted by molar-refractivity contribution is 8.15. The Labute approximate surface area is 148 Å². The minimum absolute atomic E-state index is 0.0297.